The Labute approximate surface area is 158 Å². The summed E-state index contributed by atoms with van der Waals surface area (Å²) in [6.45, 7) is 4.57. The molecule has 2 aliphatic carbocycles. The van der Waals surface area contributed by atoms with Crippen molar-refractivity contribution in [3.05, 3.63) is 0 Å². The maximum Gasteiger partial charge on any atom is 0.0689 e. The second-order valence-electron chi connectivity index (χ2n) is 9.35. The van der Waals surface area contributed by atoms with Crippen LogP contribution in [0.15, 0.2) is 0 Å². The summed E-state index contributed by atoms with van der Waals surface area (Å²) in [5.74, 6) is 2.82. The van der Waals surface area contributed by atoms with Crippen LogP contribution >= 0.6 is 0 Å². The predicted molar refractivity (Wildman–Crippen MR) is 108 cm³/mol. The van der Waals surface area contributed by atoms with Crippen LogP contribution in [-0.4, -0.2) is 0 Å². The molecule has 0 heterocycles. The molecule has 2 aliphatic rings. The minimum absolute atomic E-state index is 0.0435. The molecule has 0 aromatic rings. The number of unbranched alkanes of at least 4 members (excludes halogenated alkanes) is 7. The van der Waals surface area contributed by atoms with Crippen LogP contribution in [0.4, 0.5) is 0 Å². The van der Waals surface area contributed by atoms with Crippen molar-refractivity contribution in [1.82, 2.24) is 0 Å². The fraction of sp³-hybridized carbons (Fsp3) is 0.958. The number of hydrogen-bond donors (Lipinski definition) is 0. The molecule has 0 bridgehead atoms. The first kappa shape index (κ1) is 20.8. The zero-order chi connectivity index (χ0) is 18.0. The summed E-state index contributed by atoms with van der Waals surface area (Å²) in [4.78, 5) is 0. The molecule has 25 heavy (non-hydrogen) atoms. The van der Waals surface area contributed by atoms with Gasteiger partial charge in [-0.3, -0.25) is 0 Å². The van der Waals surface area contributed by atoms with Gasteiger partial charge in [0.15, 0.2) is 0 Å². The molecule has 1 heteroatoms. The number of fused-ring (bicyclic) bond motifs is 1. The normalized spacial score (nSPS) is 32.1. The summed E-state index contributed by atoms with van der Waals surface area (Å²) in [5, 5.41) is 9.88. The molecule has 0 aliphatic heterocycles. The van der Waals surface area contributed by atoms with Crippen LogP contribution in [0.1, 0.15) is 123 Å². The maximum atomic E-state index is 9.88. The molecule has 0 amide bonds. The van der Waals surface area contributed by atoms with E-state index in [0.29, 0.717) is 0 Å². The Bertz CT molecular complexity index is 395. The molecule has 0 radical (unpaired) electrons. The van der Waals surface area contributed by atoms with Crippen LogP contribution in [0.2, 0.25) is 0 Å². The van der Waals surface area contributed by atoms with Gasteiger partial charge >= 0.3 is 0 Å². The minimum atomic E-state index is 0.0435. The monoisotopic (exact) mass is 345 g/mol. The molecule has 4 atom stereocenters. The molecular formula is C24H43N. The molecule has 2 saturated carbocycles. The first-order valence-corrected chi connectivity index (χ1v) is 11.6. The quantitative estimate of drug-likeness (QED) is 0.347. The van der Waals surface area contributed by atoms with Crippen molar-refractivity contribution in [3.63, 3.8) is 0 Å². The molecule has 144 valence electrons. The highest BCUT2D eigenvalue weighted by molar-refractivity contribution is 5.04. The van der Waals surface area contributed by atoms with Gasteiger partial charge in [-0.1, -0.05) is 84.5 Å². The Balaban J connectivity index is 1.72. The van der Waals surface area contributed by atoms with E-state index in [-0.39, 0.29) is 5.41 Å². The van der Waals surface area contributed by atoms with Crippen molar-refractivity contribution in [2.45, 2.75) is 123 Å². The van der Waals surface area contributed by atoms with Crippen molar-refractivity contribution in [3.8, 4) is 6.07 Å². The third-order valence-electron chi connectivity index (χ3n) is 7.36. The summed E-state index contributed by atoms with van der Waals surface area (Å²) >= 11 is 0. The first-order chi connectivity index (χ1) is 12.2. The molecule has 2 rings (SSSR count). The third-order valence-corrected chi connectivity index (χ3v) is 7.36. The topological polar surface area (TPSA) is 23.8 Å². The van der Waals surface area contributed by atoms with Gasteiger partial charge in [0.1, 0.15) is 0 Å². The average molecular weight is 346 g/mol. The Morgan fingerprint density at radius 3 is 2.28 bits per heavy atom. The summed E-state index contributed by atoms with van der Waals surface area (Å²) < 4.78 is 0. The van der Waals surface area contributed by atoms with E-state index in [0.717, 1.165) is 17.8 Å². The zero-order valence-electron chi connectivity index (χ0n) is 17.2. The van der Waals surface area contributed by atoms with E-state index in [4.69, 9.17) is 0 Å². The predicted octanol–water partition coefficient (Wildman–Crippen LogP) is 8.04. The van der Waals surface area contributed by atoms with Gasteiger partial charge in [-0.15, -0.1) is 0 Å². The van der Waals surface area contributed by atoms with E-state index >= 15 is 0 Å². The Hall–Kier alpha value is -0.510. The molecule has 1 unspecified atom stereocenters. The Morgan fingerprint density at radius 2 is 1.56 bits per heavy atom. The molecule has 0 N–H and O–H groups in total. The van der Waals surface area contributed by atoms with E-state index in [1.54, 1.807) is 0 Å². The highest BCUT2D eigenvalue weighted by Gasteiger charge is 2.42. The summed E-state index contributed by atoms with van der Waals surface area (Å²) in [5.41, 5.74) is 0.0435. The Morgan fingerprint density at radius 1 is 0.840 bits per heavy atom. The molecule has 0 aromatic carbocycles. The first-order valence-electron chi connectivity index (χ1n) is 11.6. The largest absolute Gasteiger partial charge is 0.198 e. The van der Waals surface area contributed by atoms with Crippen molar-refractivity contribution in [2.24, 2.45) is 23.2 Å². The van der Waals surface area contributed by atoms with Gasteiger partial charge in [-0.2, -0.15) is 5.26 Å². The van der Waals surface area contributed by atoms with E-state index in [1.807, 2.05) is 0 Å². The van der Waals surface area contributed by atoms with Crippen molar-refractivity contribution in [2.75, 3.05) is 0 Å². The van der Waals surface area contributed by atoms with Crippen LogP contribution in [0.5, 0.6) is 0 Å². The lowest BCUT2D eigenvalue weighted by molar-refractivity contribution is 0.0615. The fourth-order valence-corrected chi connectivity index (χ4v) is 5.69. The lowest BCUT2D eigenvalue weighted by Gasteiger charge is -2.45. The van der Waals surface area contributed by atoms with Gasteiger partial charge in [-0.25, -0.2) is 0 Å². The minimum Gasteiger partial charge on any atom is -0.198 e. The van der Waals surface area contributed by atoms with Gasteiger partial charge < -0.3 is 0 Å². The number of hydrogen-bond acceptors (Lipinski definition) is 1. The summed E-state index contributed by atoms with van der Waals surface area (Å²) in [7, 11) is 0. The summed E-state index contributed by atoms with van der Waals surface area (Å²) in [6.07, 6.45) is 23.1. The number of rotatable bonds is 11. The molecule has 0 aromatic heterocycles. The highest BCUT2D eigenvalue weighted by Crippen LogP contribution is 2.51. The second-order valence-corrected chi connectivity index (χ2v) is 9.35. The van der Waals surface area contributed by atoms with Crippen LogP contribution < -0.4 is 0 Å². The van der Waals surface area contributed by atoms with Crippen LogP contribution in [0.25, 0.3) is 0 Å². The third kappa shape index (κ3) is 6.62. The van der Waals surface area contributed by atoms with Crippen molar-refractivity contribution >= 4 is 0 Å². The van der Waals surface area contributed by atoms with Gasteiger partial charge in [0.05, 0.1) is 11.5 Å². The lowest BCUT2D eigenvalue weighted by Crippen LogP contribution is -2.36. The van der Waals surface area contributed by atoms with Gasteiger partial charge in [0, 0.05) is 0 Å². The number of nitrogens with zero attached hydrogens (tertiary/aromatic N) is 1. The standard InChI is InChI=1S/C24H43N/c1-3-5-7-9-10-12-21-13-14-23-19-24(20-25,16-11-8-6-4-2)17-15-22(23)18-21/h21-23H,3-19H2,1-2H3/t21-,22+,23?,24-/m0/s1. The maximum absolute atomic E-state index is 9.88. The van der Waals surface area contributed by atoms with Gasteiger partial charge in [0.25, 0.3) is 0 Å². The Kier molecular flexibility index (Phi) is 9.36. The van der Waals surface area contributed by atoms with E-state index in [9.17, 15) is 5.26 Å². The van der Waals surface area contributed by atoms with Gasteiger partial charge in [0.2, 0.25) is 0 Å². The molecular weight excluding hydrogens is 302 g/mol. The van der Waals surface area contributed by atoms with Crippen LogP contribution in [-0.2, 0) is 0 Å². The second kappa shape index (κ2) is 11.3. The average Bonchev–Trinajstić information content (AvgIpc) is 2.65. The van der Waals surface area contributed by atoms with E-state index in [1.165, 1.54) is 109 Å². The smallest absolute Gasteiger partial charge is 0.0689 e. The van der Waals surface area contributed by atoms with Crippen molar-refractivity contribution in [1.29, 1.82) is 5.26 Å². The fourth-order valence-electron chi connectivity index (χ4n) is 5.69. The lowest BCUT2D eigenvalue weighted by atomic mass is 9.58. The van der Waals surface area contributed by atoms with Crippen LogP contribution in [0, 0.1) is 34.5 Å². The van der Waals surface area contributed by atoms with Crippen molar-refractivity contribution < 1.29 is 0 Å². The summed E-state index contributed by atoms with van der Waals surface area (Å²) in [6, 6.07) is 2.79. The zero-order valence-corrected chi connectivity index (χ0v) is 17.2. The molecule has 0 spiro atoms. The van der Waals surface area contributed by atoms with E-state index in [2.05, 4.69) is 19.9 Å². The molecule has 0 saturated heterocycles. The van der Waals surface area contributed by atoms with E-state index < -0.39 is 0 Å². The molecule has 2 fully saturated rings. The number of nitriles is 1. The van der Waals surface area contributed by atoms with Gasteiger partial charge in [-0.05, 0) is 56.3 Å². The SMILES string of the molecule is CCCCCCC[C@H]1CCC2C[C@](C#N)(CCCCCC)CC[C@@H]2C1. The van der Waals surface area contributed by atoms with Crippen LogP contribution in [0.3, 0.4) is 0 Å². The molecule has 1 nitrogen and oxygen atoms in total. The highest BCUT2D eigenvalue weighted by atomic mass is 14.5.